The van der Waals surface area contributed by atoms with Crippen molar-refractivity contribution < 1.29 is 5.11 Å². The summed E-state index contributed by atoms with van der Waals surface area (Å²) in [7, 11) is 0. The van der Waals surface area contributed by atoms with Gasteiger partial charge in [0, 0.05) is 12.1 Å². The van der Waals surface area contributed by atoms with Crippen LogP contribution in [-0.4, -0.2) is 23.3 Å². The number of aliphatic hydroxyl groups is 1. The molecule has 0 spiro atoms. The van der Waals surface area contributed by atoms with Crippen LogP contribution in [0.25, 0.3) is 0 Å². The number of nitrogens with one attached hydrogen (secondary N) is 1. The van der Waals surface area contributed by atoms with Crippen molar-refractivity contribution in [2.75, 3.05) is 0 Å². The average Bonchev–Trinajstić information content (AvgIpc) is 2.40. The molecule has 2 atom stereocenters. The summed E-state index contributed by atoms with van der Waals surface area (Å²) in [5.74, 6) is 0. The minimum absolute atomic E-state index is 0.0525. The monoisotopic (exact) mass is 183 g/mol. The predicted octanol–water partition coefficient (Wildman–Crippen LogP) is 1.82. The Morgan fingerprint density at radius 3 is 2.00 bits per heavy atom. The molecule has 0 aromatic heterocycles. The maximum absolute atomic E-state index is 9.45. The second-order valence-corrected chi connectivity index (χ2v) is 4.61. The van der Waals surface area contributed by atoms with Gasteiger partial charge in [-0.15, -0.1) is 0 Å². The Hall–Kier alpha value is -0.0800. The van der Waals surface area contributed by atoms with E-state index in [1.807, 2.05) is 0 Å². The van der Waals surface area contributed by atoms with Crippen LogP contribution in [0.4, 0.5) is 0 Å². The van der Waals surface area contributed by atoms with Crippen LogP contribution < -0.4 is 5.32 Å². The number of aliphatic hydroxyl groups excluding tert-OH is 1. The van der Waals surface area contributed by atoms with E-state index in [2.05, 4.69) is 5.32 Å². The van der Waals surface area contributed by atoms with Crippen LogP contribution in [-0.2, 0) is 0 Å². The summed E-state index contributed by atoms with van der Waals surface area (Å²) in [6, 6.07) is 1.12. The van der Waals surface area contributed by atoms with Crippen LogP contribution in [0.5, 0.6) is 0 Å². The fourth-order valence-electron chi connectivity index (χ4n) is 2.43. The minimum Gasteiger partial charge on any atom is -0.392 e. The molecule has 0 bridgehead atoms. The van der Waals surface area contributed by atoms with Gasteiger partial charge in [-0.05, 0) is 25.7 Å². The Morgan fingerprint density at radius 1 is 0.846 bits per heavy atom. The normalized spacial score (nSPS) is 36.7. The Bertz CT molecular complexity index is 152. The molecule has 2 N–H and O–H groups in total. The van der Waals surface area contributed by atoms with Crippen LogP contribution in [0.15, 0.2) is 0 Å². The smallest absolute Gasteiger partial charge is 0.0693 e. The number of hydrogen-bond donors (Lipinski definition) is 2. The highest BCUT2D eigenvalue weighted by Gasteiger charge is 2.30. The van der Waals surface area contributed by atoms with Crippen LogP contribution in [0.1, 0.15) is 51.4 Å². The summed E-state index contributed by atoms with van der Waals surface area (Å²) in [4.78, 5) is 0. The Kier molecular flexibility index (Phi) is 3.23. The highest BCUT2D eigenvalue weighted by Crippen LogP contribution is 2.23. The maximum atomic E-state index is 9.45. The van der Waals surface area contributed by atoms with Gasteiger partial charge in [0.25, 0.3) is 0 Å². The zero-order valence-electron chi connectivity index (χ0n) is 8.34. The van der Waals surface area contributed by atoms with Gasteiger partial charge in [-0.25, -0.2) is 0 Å². The fraction of sp³-hybridized carbons (Fsp3) is 1.00. The van der Waals surface area contributed by atoms with Gasteiger partial charge in [-0.2, -0.15) is 0 Å². The quantitative estimate of drug-likeness (QED) is 0.640. The van der Waals surface area contributed by atoms with E-state index in [9.17, 15) is 5.11 Å². The molecule has 13 heavy (non-hydrogen) atoms. The van der Waals surface area contributed by atoms with Crippen LogP contribution >= 0.6 is 0 Å². The molecule has 0 aromatic rings. The van der Waals surface area contributed by atoms with Crippen LogP contribution in [0.3, 0.4) is 0 Å². The van der Waals surface area contributed by atoms with E-state index in [-0.39, 0.29) is 6.10 Å². The highest BCUT2D eigenvalue weighted by molar-refractivity contribution is 4.89. The molecule has 2 rings (SSSR count). The first-order chi connectivity index (χ1) is 6.36. The van der Waals surface area contributed by atoms with E-state index in [0.29, 0.717) is 12.1 Å². The minimum atomic E-state index is -0.0525. The van der Waals surface area contributed by atoms with Gasteiger partial charge >= 0.3 is 0 Å². The zero-order chi connectivity index (χ0) is 9.10. The molecule has 2 aliphatic rings. The van der Waals surface area contributed by atoms with Gasteiger partial charge in [-0.3, -0.25) is 0 Å². The van der Waals surface area contributed by atoms with Crippen LogP contribution in [0, 0.1) is 0 Å². The van der Waals surface area contributed by atoms with Crippen molar-refractivity contribution >= 4 is 0 Å². The number of hydrogen-bond acceptors (Lipinski definition) is 2. The second-order valence-electron chi connectivity index (χ2n) is 4.61. The predicted molar refractivity (Wildman–Crippen MR) is 53.7 cm³/mol. The summed E-state index contributed by atoms with van der Waals surface area (Å²) in [6.45, 7) is 0. The van der Waals surface area contributed by atoms with Crippen molar-refractivity contribution in [3.63, 3.8) is 0 Å². The first-order valence-electron chi connectivity index (χ1n) is 5.80. The lowest BCUT2D eigenvalue weighted by molar-refractivity contribution is 0.0428. The van der Waals surface area contributed by atoms with Crippen molar-refractivity contribution in [2.24, 2.45) is 0 Å². The molecule has 76 valence electrons. The fourth-order valence-corrected chi connectivity index (χ4v) is 2.43. The molecule has 2 fully saturated rings. The third-order valence-corrected chi connectivity index (χ3v) is 3.54. The Labute approximate surface area is 80.7 Å². The zero-order valence-corrected chi connectivity index (χ0v) is 8.34. The lowest BCUT2D eigenvalue weighted by atomic mass is 9.88. The van der Waals surface area contributed by atoms with E-state index in [4.69, 9.17) is 0 Å². The Morgan fingerprint density at radius 2 is 1.54 bits per heavy atom. The molecule has 0 aromatic carbocycles. The van der Waals surface area contributed by atoms with Gasteiger partial charge < -0.3 is 10.4 Å². The molecule has 0 heterocycles. The first kappa shape index (κ1) is 9.47. The van der Waals surface area contributed by atoms with Crippen molar-refractivity contribution in [1.82, 2.24) is 5.32 Å². The molecule has 0 amide bonds. The van der Waals surface area contributed by atoms with E-state index in [1.165, 1.54) is 44.9 Å². The van der Waals surface area contributed by atoms with Gasteiger partial charge in [0.2, 0.25) is 0 Å². The van der Waals surface area contributed by atoms with Crippen molar-refractivity contribution in [3.8, 4) is 0 Å². The van der Waals surface area contributed by atoms with E-state index < -0.39 is 0 Å². The molecular formula is C11H21NO. The average molecular weight is 183 g/mol. The lowest BCUT2D eigenvalue weighted by Gasteiger charge is -2.36. The lowest BCUT2D eigenvalue weighted by Crippen LogP contribution is -2.51. The molecule has 2 aliphatic carbocycles. The van der Waals surface area contributed by atoms with Gasteiger partial charge in [0.15, 0.2) is 0 Å². The van der Waals surface area contributed by atoms with Crippen molar-refractivity contribution in [2.45, 2.75) is 69.6 Å². The topological polar surface area (TPSA) is 32.3 Å². The molecule has 2 nitrogen and oxygen atoms in total. The summed E-state index contributed by atoms with van der Waals surface area (Å²) in [5, 5.41) is 13.0. The summed E-state index contributed by atoms with van der Waals surface area (Å²) < 4.78 is 0. The molecular weight excluding hydrogens is 162 g/mol. The summed E-state index contributed by atoms with van der Waals surface area (Å²) >= 11 is 0. The highest BCUT2D eigenvalue weighted by atomic mass is 16.3. The molecule has 2 heteroatoms. The second kappa shape index (κ2) is 4.43. The van der Waals surface area contributed by atoms with Crippen LogP contribution in [0.2, 0.25) is 0 Å². The number of rotatable bonds is 2. The molecule has 0 unspecified atom stereocenters. The van der Waals surface area contributed by atoms with Crippen molar-refractivity contribution in [3.05, 3.63) is 0 Å². The molecule has 0 saturated heterocycles. The maximum Gasteiger partial charge on any atom is 0.0693 e. The van der Waals surface area contributed by atoms with Gasteiger partial charge in [-0.1, -0.05) is 25.7 Å². The summed E-state index contributed by atoms with van der Waals surface area (Å²) in [6.07, 6.45) is 10.3. The molecule has 2 saturated carbocycles. The largest absolute Gasteiger partial charge is 0.392 e. The first-order valence-corrected chi connectivity index (χ1v) is 5.80. The van der Waals surface area contributed by atoms with E-state index >= 15 is 0 Å². The SMILES string of the molecule is O[C@@H]1CC[C@H]1NC1CCCCCC1. The third kappa shape index (κ3) is 2.44. The van der Waals surface area contributed by atoms with Crippen molar-refractivity contribution in [1.29, 1.82) is 0 Å². The van der Waals surface area contributed by atoms with E-state index in [0.717, 1.165) is 6.42 Å². The molecule has 0 radical (unpaired) electrons. The van der Waals surface area contributed by atoms with E-state index in [1.54, 1.807) is 0 Å². The molecule has 0 aliphatic heterocycles. The van der Waals surface area contributed by atoms with Gasteiger partial charge in [0.1, 0.15) is 0 Å². The Balaban J connectivity index is 1.72. The van der Waals surface area contributed by atoms with Gasteiger partial charge in [0.05, 0.1) is 6.10 Å². The standard InChI is InChI=1S/C11H21NO/c13-11-8-7-10(11)12-9-5-3-1-2-4-6-9/h9-13H,1-8H2/t10-,11-/m1/s1. The third-order valence-electron chi connectivity index (χ3n) is 3.54. The summed E-state index contributed by atoms with van der Waals surface area (Å²) in [5.41, 5.74) is 0.